The largest absolute Gasteiger partial charge is 0.431 e. The lowest BCUT2D eigenvalue weighted by Gasteiger charge is -2.13. The lowest BCUT2D eigenvalue weighted by Crippen LogP contribution is -2.26. The van der Waals surface area contributed by atoms with Gasteiger partial charge in [-0.05, 0) is 65.8 Å². The van der Waals surface area contributed by atoms with E-state index in [0.717, 1.165) is 18.9 Å². The Kier molecular flexibility index (Phi) is 5.99. The zero-order valence-electron chi connectivity index (χ0n) is 17.7. The van der Waals surface area contributed by atoms with Gasteiger partial charge in [0, 0.05) is 35.0 Å². The number of carbonyl (C=O) groups is 1. The molecule has 1 aliphatic carbocycles. The van der Waals surface area contributed by atoms with Gasteiger partial charge in [-0.15, -0.1) is 0 Å². The van der Waals surface area contributed by atoms with Crippen LogP contribution in [0, 0.1) is 11.2 Å². The second-order valence-electron chi connectivity index (χ2n) is 8.12. The number of fused-ring (bicyclic) bond motifs is 1. The minimum atomic E-state index is -4.80. The fraction of sp³-hybridized carbons (Fsp3) is 0.208. The van der Waals surface area contributed by atoms with Gasteiger partial charge in [-0.25, -0.2) is 4.39 Å². The first-order valence-electron chi connectivity index (χ1n) is 10.4. The van der Waals surface area contributed by atoms with Gasteiger partial charge in [0.15, 0.2) is 0 Å². The summed E-state index contributed by atoms with van der Waals surface area (Å²) in [6, 6.07) is 9.52. The minimum absolute atomic E-state index is 0.00926. The van der Waals surface area contributed by atoms with Crippen molar-refractivity contribution in [3.8, 4) is 0 Å². The number of nitrogens with zero attached hydrogens (tertiary/aromatic N) is 1. The third kappa shape index (κ3) is 4.85. The zero-order valence-corrected chi connectivity index (χ0v) is 17.7. The molecule has 0 unspecified atom stereocenters. The van der Waals surface area contributed by atoms with Crippen LogP contribution in [0.25, 0.3) is 16.3 Å². The molecule has 1 heterocycles. The maximum atomic E-state index is 14.1. The molecule has 0 saturated heterocycles. The van der Waals surface area contributed by atoms with E-state index in [1.807, 2.05) is 0 Å². The molecular weight excluding hydrogens is 452 g/mol. The highest BCUT2D eigenvalue weighted by Gasteiger charge is 2.34. The Hall–Kier alpha value is -3.95. The van der Waals surface area contributed by atoms with Crippen LogP contribution in [0.1, 0.15) is 34.3 Å². The second kappa shape index (κ2) is 8.77. The van der Waals surface area contributed by atoms with E-state index in [1.165, 1.54) is 47.2 Å². The molecule has 10 heteroatoms. The van der Waals surface area contributed by atoms with E-state index in [9.17, 15) is 27.2 Å². The summed E-state index contributed by atoms with van der Waals surface area (Å²) in [5, 5.41) is 10.7. The van der Waals surface area contributed by atoms with Crippen molar-refractivity contribution in [1.82, 2.24) is 9.88 Å². The summed E-state index contributed by atoms with van der Waals surface area (Å²) in [6.07, 6.45) is -1.06. The van der Waals surface area contributed by atoms with E-state index in [-0.39, 0.29) is 35.0 Å². The van der Waals surface area contributed by atoms with Gasteiger partial charge in [0.05, 0.1) is 6.54 Å². The van der Waals surface area contributed by atoms with Gasteiger partial charge in [0.25, 0.3) is 11.5 Å². The number of carbonyl (C=O) groups excluding carboxylic acids is 1. The molecule has 1 amide bonds. The molecule has 1 fully saturated rings. The Morgan fingerprint density at radius 1 is 1.15 bits per heavy atom. The van der Waals surface area contributed by atoms with Crippen molar-refractivity contribution in [3.05, 3.63) is 87.2 Å². The van der Waals surface area contributed by atoms with Crippen molar-refractivity contribution in [2.24, 2.45) is 5.73 Å². The topological polar surface area (TPSA) is 101 Å². The number of rotatable bonds is 6. The van der Waals surface area contributed by atoms with Gasteiger partial charge in [-0.1, -0.05) is 6.07 Å². The van der Waals surface area contributed by atoms with Crippen molar-refractivity contribution in [2.45, 2.75) is 31.6 Å². The Morgan fingerprint density at radius 3 is 2.53 bits per heavy atom. The van der Waals surface area contributed by atoms with Crippen LogP contribution >= 0.6 is 0 Å². The number of amides is 1. The summed E-state index contributed by atoms with van der Waals surface area (Å²) in [6.45, 7) is -0.00926. The summed E-state index contributed by atoms with van der Waals surface area (Å²) in [4.78, 5) is 25.2. The van der Waals surface area contributed by atoms with E-state index in [4.69, 9.17) is 11.1 Å². The number of aromatic nitrogens is 1. The van der Waals surface area contributed by atoms with E-state index in [0.29, 0.717) is 17.2 Å². The van der Waals surface area contributed by atoms with E-state index < -0.39 is 28.8 Å². The van der Waals surface area contributed by atoms with Crippen LogP contribution in [0.15, 0.2) is 59.2 Å². The Balaban J connectivity index is 1.67. The average molecular weight is 472 g/mol. The SMILES string of the molecule is N=C/C(=C(\N)C(F)(F)F)c1ccc2c(=O)n(Cc3cc(F)cc(C(=O)NC4CC4)c3)ccc2c1. The first-order valence-corrected chi connectivity index (χ1v) is 10.4. The number of nitrogens with two attached hydrogens (primary N) is 1. The molecule has 0 bridgehead atoms. The average Bonchev–Trinajstić information content (AvgIpc) is 3.59. The number of alkyl halides is 3. The van der Waals surface area contributed by atoms with Crippen LogP contribution < -0.4 is 16.6 Å². The molecule has 3 aromatic rings. The highest BCUT2D eigenvalue weighted by molar-refractivity contribution is 6.10. The van der Waals surface area contributed by atoms with Crippen molar-refractivity contribution in [1.29, 1.82) is 5.41 Å². The van der Waals surface area contributed by atoms with Gasteiger partial charge in [0.2, 0.25) is 0 Å². The Morgan fingerprint density at radius 2 is 1.88 bits per heavy atom. The molecule has 0 aliphatic heterocycles. The van der Waals surface area contributed by atoms with Crippen LogP contribution in [-0.2, 0) is 6.54 Å². The number of benzene rings is 2. The fourth-order valence-electron chi connectivity index (χ4n) is 3.62. The molecule has 4 rings (SSSR count). The normalized spacial score (nSPS) is 14.6. The Labute approximate surface area is 191 Å². The summed E-state index contributed by atoms with van der Waals surface area (Å²) in [5.41, 5.74) is 3.44. The second-order valence-corrected chi connectivity index (χ2v) is 8.12. The van der Waals surface area contributed by atoms with Gasteiger partial charge in [-0.3, -0.25) is 9.59 Å². The molecule has 0 radical (unpaired) electrons. The fourth-order valence-corrected chi connectivity index (χ4v) is 3.62. The first kappa shape index (κ1) is 23.2. The smallest absolute Gasteiger partial charge is 0.394 e. The molecule has 1 aromatic heterocycles. The minimum Gasteiger partial charge on any atom is -0.394 e. The maximum absolute atomic E-state index is 14.1. The molecule has 0 atom stereocenters. The molecule has 176 valence electrons. The van der Waals surface area contributed by atoms with E-state index >= 15 is 0 Å². The molecule has 1 saturated carbocycles. The van der Waals surface area contributed by atoms with Gasteiger partial charge in [0.1, 0.15) is 11.5 Å². The van der Waals surface area contributed by atoms with Crippen molar-refractivity contribution in [2.75, 3.05) is 0 Å². The molecule has 2 aromatic carbocycles. The molecular formula is C24H20F4N4O2. The highest BCUT2D eigenvalue weighted by Crippen LogP contribution is 2.29. The number of nitrogens with one attached hydrogen (secondary N) is 2. The summed E-state index contributed by atoms with van der Waals surface area (Å²) in [7, 11) is 0. The van der Waals surface area contributed by atoms with Crippen LogP contribution in [0.5, 0.6) is 0 Å². The van der Waals surface area contributed by atoms with Crippen molar-refractivity contribution < 1.29 is 22.4 Å². The zero-order chi connectivity index (χ0) is 24.6. The highest BCUT2D eigenvalue weighted by atomic mass is 19.4. The predicted molar refractivity (Wildman–Crippen MR) is 120 cm³/mol. The van der Waals surface area contributed by atoms with Crippen molar-refractivity contribution >= 4 is 28.5 Å². The summed E-state index contributed by atoms with van der Waals surface area (Å²) >= 11 is 0. The van der Waals surface area contributed by atoms with Crippen molar-refractivity contribution in [3.63, 3.8) is 0 Å². The van der Waals surface area contributed by atoms with Crippen LogP contribution in [0.4, 0.5) is 17.6 Å². The number of pyridine rings is 1. The molecule has 34 heavy (non-hydrogen) atoms. The quantitative estimate of drug-likeness (QED) is 0.374. The number of allylic oxidation sites excluding steroid dienone is 2. The third-order valence-corrected chi connectivity index (χ3v) is 5.51. The molecule has 1 aliphatic rings. The van der Waals surface area contributed by atoms with Crippen LogP contribution in [0.2, 0.25) is 0 Å². The van der Waals surface area contributed by atoms with E-state index in [2.05, 4.69) is 5.32 Å². The molecule has 4 N–H and O–H groups in total. The summed E-state index contributed by atoms with van der Waals surface area (Å²) in [5.74, 6) is -0.986. The predicted octanol–water partition coefficient (Wildman–Crippen LogP) is 3.96. The molecule has 0 spiro atoms. The third-order valence-electron chi connectivity index (χ3n) is 5.51. The molecule has 6 nitrogen and oxygen atoms in total. The van der Waals surface area contributed by atoms with Crippen LogP contribution in [0.3, 0.4) is 0 Å². The monoisotopic (exact) mass is 472 g/mol. The number of halogens is 4. The van der Waals surface area contributed by atoms with Crippen LogP contribution in [-0.4, -0.2) is 28.9 Å². The first-order chi connectivity index (χ1) is 16.1. The van der Waals surface area contributed by atoms with Gasteiger partial charge >= 0.3 is 6.18 Å². The standard InChI is InChI=1S/C24H20F4N4O2/c25-17-8-13(7-16(10-17)22(33)31-18-2-3-18)12-32-6-5-15-9-14(1-4-19(15)23(32)34)20(11-29)21(30)24(26,27)28/h1,4-11,18,29H,2-3,12,30H2,(H,31,33)/b21-20+,29-11?. The summed E-state index contributed by atoms with van der Waals surface area (Å²) < 4.78 is 54.4. The van der Waals surface area contributed by atoms with Gasteiger partial charge < -0.3 is 21.0 Å². The maximum Gasteiger partial charge on any atom is 0.431 e. The van der Waals surface area contributed by atoms with E-state index in [1.54, 1.807) is 0 Å². The number of hydrogen-bond acceptors (Lipinski definition) is 4. The lowest BCUT2D eigenvalue weighted by atomic mass is 10.0. The Bertz CT molecular complexity index is 1390. The number of hydrogen-bond donors (Lipinski definition) is 3. The van der Waals surface area contributed by atoms with Gasteiger partial charge in [-0.2, -0.15) is 13.2 Å². The lowest BCUT2D eigenvalue weighted by molar-refractivity contribution is -0.0918.